The van der Waals surface area contributed by atoms with Gasteiger partial charge in [0.2, 0.25) is 17.7 Å². The number of imide groups is 1. The molecule has 0 spiro atoms. The van der Waals surface area contributed by atoms with E-state index in [0.717, 1.165) is 37.7 Å². The average Bonchev–Trinajstić information content (AvgIpc) is 2.90. The van der Waals surface area contributed by atoms with Crippen molar-refractivity contribution in [3.63, 3.8) is 0 Å². The fourth-order valence-corrected chi connectivity index (χ4v) is 4.15. The van der Waals surface area contributed by atoms with E-state index in [1.807, 2.05) is 38.1 Å². The Morgan fingerprint density at radius 2 is 1.69 bits per heavy atom. The lowest BCUT2D eigenvalue weighted by Crippen LogP contribution is -2.36. The molecule has 3 rings (SSSR count). The molecule has 3 amide bonds. The van der Waals surface area contributed by atoms with Crippen LogP contribution in [0.4, 0.5) is 0 Å². The van der Waals surface area contributed by atoms with Crippen LogP contribution in [0.3, 0.4) is 0 Å². The Labute approximate surface area is 155 Å². The molecule has 1 saturated heterocycles. The molecule has 26 heavy (non-hydrogen) atoms. The summed E-state index contributed by atoms with van der Waals surface area (Å²) in [6.07, 6.45) is 4.61. The molecular weight excluding hydrogens is 328 g/mol. The Hall–Kier alpha value is -2.17. The summed E-state index contributed by atoms with van der Waals surface area (Å²) < 4.78 is 0. The Bertz CT molecular complexity index is 659. The lowest BCUT2D eigenvalue weighted by Gasteiger charge is -2.19. The molecule has 0 unspecified atom stereocenters. The van der Waals surface area contributed by atoms with Gasteiger partial charge in [0.15, 0.2) is 0 Å². The van der Waals surface area contributed by atoms with Gasteiger partial charge in [0, 0.05) is 13.0 Å². The first kappa shape index (κ1) is 18.6. The van der Waals surface area contributed by atoms with Crippen molar-refractivity contribution < 1.29 is 14.4 Å². The van der Waals surface area contributed by atoms with E-state index in [1.165, 1.54) is 10.5 Å². The standard InChI is InChI=1S/C21H28N2O3/c1-3-18(15-10-8-14(2)9-11-15)22-19(24)12-13-23-20(25)16-6-4-5-7-17(16)21(23)26/h8-11,16-18H,3-7,12-13H2,1-2H3,(H,22,24)/t16-,17+,18-/m0/s1. The average molecular weight is 356 g/mol. The smallest absolute Gasteiger partial charge is 0.233 e. The summed E-state index contributed by atoms with van der Waals surface area (Å²) in [5.41, 5.74) is 2.26. The van der Waals surface area contributed by atoms with Crippen LogP contribution in [0.25, 0.3) is 0 Å². The molecular formula is C21H28N2O3. The van der Waals surface area contributed by atoms with Crippen LogP contribution in [0.15, 0.2) is 24.3 Å². The second-order valence-electron chi connectivity index (χ2n) is 7.51. The van der Waals surface area contributed by atoms with Gasteiger partial charge in [-0.05, 0) is 31.7 Å². The van der Waals surface area contributed by atoms with E-state index in [-0.39, 0.29) is 48.6 Å². The largest absolute Gasteiger partial charge is 0.349 e. The maximum absolute atomic E-state index is 12.5. The SMILES string of the molecule is CC[C@H](NC(=O)CCN1C(=O)[C@H]2CCCC[C@H]2C1=O)c1ccc(C)cc1. The molecule has 3 atom stereocenters. The van der Waals surface area contributed by atoms with Gasteiger partial charge in [-0.25, -0.2) is 0 Å². The van der Waals surface area contributed by atoms with Crippen LogP contribution in [0.5, 0.6) is 0 Å². The van der Waals surface area contributed by atoms with E-state index in [0.29, 0.717) is 0 Å². The zero-order valence-corrected chi connectivity index (χ0v) is 15.7. The Morgan fingerprint density at radius 3 is 2.23 bits per heavy atom. The van der Waals surface area contributed by atoms with Crippen molar-refractivity contribution in [2.45, 2.75) is 58.4 Å². The van der Waals surface area contributed by atoms with E-state index in [4.69, 9.17) is 0 Å². The third-order valence-electron chi connectivity index (χ3n) is 5.72. The fraction of sp³-hybridized carbons (Fsp3) is 0.571. The van der Waals surface area contributed by atoms with Crippen molar-refractivity contribution in [3.05, 3.63) is 35.4 Å². The monoisotopic (exact) mass is 356 g/mol. The summed E-state index contributed by atoms with van der Waals surface area (Å²) in [7, 11) is 0. The van der Waals surface area contributed by atoms with Crippen LogP contribution in [0.2, 0.25) is 0 Å². The fourth-order valence-electron chi connectivity index (χ4n) is 4.15. The minimum Gasteiger partial charge on any atom is -0.349 e. The molecule has 1 aliphatic heterocycles. The molecule has 140 valence electrons. The van der Waals surface area contributed by atoms with Crippen molar-refractivity contribution in [1.29, 1.82) is 0 Å². The zero-order chi connectivity index (χ0) is 18.7. The van der Waals surface area contributed by atoms with Crippen molar-refractivity contribution in [2.75, 3.05) is 6.54 Å². The first-order valence-corrected chi connectivity index (χ1v) is 9.72. The van der Waals surface area contributed by atoms with Gasteiger partial charge in [0.1, 0.15) is 0 Å². The molecule has 0 bridgehead atoms. The van der Waals surface area contributed by atoms with Crippen molar-refractivity contribution in [2.24, 2.45) is 11.8 Å². The molecule has 1 heterocycles. The molecule has 5 heteroatoms. The number of hydrogen-bond donors (Lipinski definition) is 1. The number of hydrogen-bond acceptors (Lipinski definition) is 3. The van der Waals surface area contributed by atoms with E-state index in [2.05, 4.69) is 5.32 Å². The van der Waals surface area contributed by atoms with E-state index in [9.17, 15) is 14.4 Å². The highest BCUT2D eigenvalue weighted by Gasteiger charge is 2.47. The molecule has 2 aliphatic rings. The molecule has 1 aromatic rings. The summed E-state index contributed by atoms with van der Waals surface area (Å²) in [5.74, 6) is -0.547. The number of nitrogens with zero attached hydrogens (tertiary/aromatic N) is 1. The highest BCUT2D eigenvalue weighted by Crippen LogP contribution is 2.37. The minimum absolute atomic E-state index is 0.0457. The van der Waals surface area contributed by atoms with Crippen LogP contribution in [-0.2, 0) is 14.4 Å². The number of amides is 3. The molecule has 1 N–H and O–H groups in total. The predicted molar refractivity (Wildman–Crippen MR) is 99.1 cm³/mol. The number of nitrogens with one attached hydrogen (secondary N) is 1. The topological polar surface area (TPSA) is 66.5 Å². The highest BCUT2D eigenvalue weighted by atomic mass is 16.2. The first-order chi connectivity index (χ1) is 12.5. The Morgan fingerprint density at radius 1 is 1.12 bits per heavy atom. The van der Waals surface area contributed by atoms with Crippen LogP contribution in [-0.4, -0.2) is 29.2 Å². The highest BCUT2D eigenvalue weighted by molar-refractivity contribution is 6.05. The molecule has 1 saturated carbocycles. The van der Waals surface area contributed by atoms with E-state index in [1.54, 1.807) is 0 Å². The van der Waals surface area contributed by atoms with Crippen molar-refractivity contribution in [3.8, 4) is 0 Å². The number of carbonyl (C=O) groups excluding carboxylic acids is 3. The second-order valence-corrected chi connectivity index (χ2v) is 7.51. The zero-order valence-electron chi connectivity index (χ0n) is 15.7. The molecule has 0 radical (unpaired) electrons. The summed E-state index contributed by atoms with van der Waals surface area (Å²) in [6, 6.07) is 8.08. The van der Waals surface area contributed by atoms with Gasteiger partial charge in [-0.1, -0.05) is 49.6 Å². The lowest BCUT2D eigenvalue weighted by molar-refractivity contribution is -0.140. The predicted octanol–water partition coefficient (Wildman–Crippen LogP) is 3.13. The molecule has 1 aromatic carbocycles. The third kappa shape index (κ3) is 3.81. The first-order valence-electron chi connectivity index (χ1n) is 9.72. The Kier molecular flexibility index (Phi) is 5.74. The maximum atomic E-state index is 12.5. The number of fused-ring (bicyclic) bond motifs is 1. The summed E-state index contributed by atoms with van der Waals surface area (Å²) in [6.45, 7) is 4.26. The van der Waals surface area contributed by atoms with Crippen molar-refractivity contribution >= 4 is 17.7 Å². The molecule has 0 aromatic heterocycles. The molecule has 1 aliphatic carbocycles. The van der Waals surface area contributed by atoms with Crippen LogP contribution in [0, 0.1) is 18.8 Å². The number of rotatable bonds is 6. The minimum atomic E-state index is -0.143. The maximum Gasteiger partial charge on any atom is 0.233 e. The van der Waals surface area contributed by atoms with Gasteiger partial charge >= 0.3 is 0 Å². The molecule has 5 nitrogen and oxygen atoms in total. The van der Waals surface area contributed by atoms with Gasteiger partial charge < -0.3 is 5.32 Å². The number of benzene rings is 1. The molecule has 2 fully saturated rings. The second kappa shape index (κ2) is 8.02. The van der Waals surface area contributed by atoms with Gasteiger partial charge in [-0.2, -0.15) is 0 Å². The van der Waals surface area contributed by atoms with Crippen molar-refractivity contribution in [1.82, 2.24) is 10.2 Å². The van der Waals surface area contributed by atoms with Crippen LogP contribution >= 0.6 is 0 Å². The normalized spacial score (nSPS) is 23.7. The summed E-state index contributed by atoms with van der Waals surface area (Å²) >= 11 is 0. The third-order valence-corrected chi connectivity index (χ3v) is 5.72. The van der Waals surface area contributed by atoms with Gasteiger partial charge in [0.25, 0.3) is 0 Å². The quantitative estimate of drug-likeness (QED) is 0.797. The van der Waals surface area contributed by atoms with Crippen LogP contribution < -0.4 is 5.32 Å². The Balaban J connectivity index is 1.55. The van der Waals surface area contributed by atoms with Gasteiger partial charge in [0.05, 0.1) is 17.9 Å². The number of carbonyl (C=O) groups is 3. The van der Waals surface area contributed by atoms with E-state index < -0.39 is 0 Å². The lowest BCUT2D eigenvalue weighted by atomic mass is 9.81. The number of aryl methyl sites for hydroxylation is 1. The van der Waals surface area contributed by atoms with E-state index >= 15 is 0 Å². The van der Waals surface area contributed by atoms with Gasteiger partial charge in [-0.15, -0.1) is 0 Å². The van der Waals surface area contributed by atoms with Crippen LogP contribution in [0.1, 0.15) is 62.6 Å². The number of likely N-dealkylation sites (tertiary alicyclic amines) is 1. The summed E-state index contributed by atoms with van der Waals surface area (Å²) in [5, 5.41) is 3.03. The van der Waals surface area contributed by atoms with Gasteiger partial charge in [-0.3, -0.25) is 19.3 Å². The summed E-state index contributed by atoms with van der Waals surface area (Å²) in [4.78, 5) is 38.6.